The molecule has 0 aliphatic carbocycles. The van der Waals surface area contributed by atoms with E-state index in [0.29, 0.717) is 16.6 Å². The maximum atomic E-state index is 11.6. The van der Waals surface area contributed by atoms with Crippen molar-refractivity contribution in [2.24, 2.45) is 0 Å². The third-order valence-corrected chi connectivity index (χ3v) is 4.62. The van der Waals surface area contributed by atoms with Gasteiger partial charge in [0.15, 0.2) is 5.16 Å². The highest BCUT2D eigenvalue weighted by Gasteiger charge is 2.12. The van der Waals surface area contributed by atoms with Gasteiger partial charge in [-0.3, -0.25) is 4.57 Å². The van der Waals surface area contributed by atoms with E-state index in [-0.39, 0.29) is 11.7 Å². The maximum Gasteiger partial charge on any atom is 0.344 e. The van der Waals surface area contributed by atoms with Crippen molar-refractivity contribution < 1.29 is 0 Å². The van der Waals surface area contributed by atoms with Crippen LogP contribution in [0.15, 0.2) is 32.6 Å². The van der Waals surface area contributed by atoms with E-state index in [4.69, 9.17) is 5.73 Å². The number of hydrogen-bond donors (Lipinski definition) is 2. The van der Waals surface area contributed by atoms with Crippen LogP contribution in [-0.4, -0.2) is 14.8 Å². The Morgan fingerprint density at radius 1 is 1.53 bits per heavy atom. The Balaban J connectivity index is 2.20. The van der Waals surface area contributed by atoms with Gasteiger partial charge in [0.2, 0.25) is 0 Å². The first-order valence-electron chi connectivity index (χ1n) is 5.83. The highest BCUT2D eigenvalue weighted by Crippen LogP contribution is 2.29. The third kappa shape index (κ3) is 3.03. The number of nitrogen functional groups attached to an aromatic ring is 1. The molecule has 0 bridgehead atoms. The van der Waals surface area contributed by atoms with Gasteiger partial charge in [0.1, 0.15) is 0 Å². The van der Waals surface area contributed by atoms with Crippen LogP contribution in [0.4, 0.5) is 5.69 Å². The molecule has 0 unspecified atom stereocenters. The van der Waals surface area contributed by atoms with Gasteiger partial charge >= 0.3 is 5.69 Å². The Labute approximate surface area is 123 Å². The van der Waals surface area contributed by atoms with E-state index in [1.807, 2.05) is 32.0 Å². The monoisotopic (exact) mass is 342 g/mol. The highest BCUT2D eigenvalue weighted by atomic mass is 79.9. The maximum absolute atomic E-state index is 11.6. The van der Waals surface area contributed by atoms with E-state index in [2.05, 4.69) is 26.1 Å². The summed E-state index contributed by atoms with van der Waals surface area (Å²) < 4.78 is 2.54. The van der Waals surface area contributed by atoms with Gasteiger partial charge in [0.05, 0.1) is 0 Å². The van der Waals surface area contributed by atoms with Crippen molar-refractivity contribution in [1.29, 1.82) is 0 Å². The number of nitrogens with zero attached hydrogens (tertiary/aromatic N) is 2. The highest BCUT2D eigenvalue weighted by molar-refractivity contribution is 9.10. The lowest BCUT2D eigenvalue weighted by molar-refractivity contribution is 0.534. The number of benzene rings is 1. The van der Waals surface area contributed by atoms with Gasteiger partial charge in [0.25, 0.3) is 0 Å². The molecule has 0 saturated carbocycles. The van der Waals surface area contributed by atoms with Gasteiger partial charge in [-0.1, -0.05) is 23.9 Å². The topological polar surface area (TPSA) is 76.7 Å². The molecule has 5 nitrogen and oxygen atoms in total. The van der Waals surface area contributed by atoms with E-state index < -0.39 is 0 Å². The van der Waals surface area contributed by atoms with Crippen molar-refractivity contribution >= 4 is 33.4 Å². The number of rotatable bonds is 4. The first-order valence-corrected chi connectivity index (χ1v) is 7.61. The van der Waals surface area contributed by atoms with E-state index in [1.165, 1.54) is 11.8 Å². The second-order valence-electron chi connectivity index (χ2n) is 4.38. The summed E-state index contributed by atoms with van der Waals surface area (Å²) in [4.78, 5) is 11.6. The Hall–Kier alpha value is -1.21. The number of anilines is 1. The van der Waals surface area contributed by atoms with Gasteiger partial charge < -0.3 is 5.73 Å². The molecule has 0 spiro atoms. The van der Waals surface area contributed by atoms with Crippen molar-refractivity contribution in [3.63, 3.8) is 0 Å². The SMILES string of the molecule is CC(C)n1c(SCc2cccc(N)c2Br)n[nH]c1=O. The number of H-pyrrole nitrogens is 1. The Bertz CT molecular complexity index is 635. The molecule has 0 aliphatic rings. The molecule has 0 fully saturated rings. The second-order valence-corrected chi connectivity index (χ2v) is 6.12. The molecule has 0 radical (unpaired) electrons. The van der Waals surface area contributed by atoms with Crippen molar-refractivity contribution in [2.75, 3.05) is 5.73 Å². The molecule has 1 aromatic carbocycles. The quantitative estimate of drug-likeness (QED) is 0.661. The van der Waals surface area contributed by atoms with E-state index >= 15 is 0 Å². The summed E-state index contributed by atoms with van der Waals surface area (Å²) in [6, 6.07) is 5.84. The predicted octanol–water partition coefficient (Wildman–Crippen LogP) is 2.79. The fraction of sp³-hybridized carbons (Fsp3) is 0.333. The minimum Gasteiger partial charge on any atom is -0.398 e. The number of thioether (sulfide) groups is 1. The van der Waals surface area contributed by atoms with Gasteiger partial charge in [-0.25, -0.2) is 9.89 Å². The van der Waals surface area contributed by atoms with Crippen molar-refractivity contribution in [3.8, 4) is 0 Å². The molecule has 0 amide bonds. The summed E-state index contributed by atoms with van der Waals surface area (Å²) >= 11 is 4.98. The number of aromatic nitrogens is 3. The molecule has 3 N–H and O–H groups in total. The van der Waals surface area contributed by atoms with Crippen LogP contribution in [0.5, 0.6) is 0 Å². The summed E-state index contributed by atoms with van der Waals surface area (Å²) in [6.45, 7) is 3.91. The zero-order valence-corrected chi connectivity index (χ0v) is 13.1. The fourth-order valence-electron chi connectivity index (χ4n) is 1.70. The van der Waals surface area contributed by atoms with Crippen LogP contribution in [-0.2, 0) is 5.75 Å². The van der Waals surface area contributed by atoms with Crippen LogP contribution in [0.25, 0.3) is 0 Å². The molecule has 7 heteroatoms. The summed E-state index contributed by atoms with van der Waals surface area (Å²) in [5, 5.41) is 7.22. The minimum absolute atomic E-state index is 0.0815. The summed E-state index contributed by atoms with van der Waals surface area (Å²) in [5.74, 6) is 0.697. The number of halogens is 1. The van der Waals surface area contributed by atoms with E-state index in [9.17, 15) is 4.79 Å². The van der Waals surface area contributed by atoms with Crippen LogP contribution < -0.4 is 11.4 Å². The Morgan fingerprint density at radius 2 is 2.26 bits per heavy atom. The molecule has 0 saturated heterocycles. The Morgan fingerprint density at radius 3 is 2.95 bits per heavy atom. The molecular formula is C12H15BrN4OS. The van der Waals surface area contributed by atoms with Crippen molar-refractivity contribution in [3.05, 3.63) is 38.7 Å². The molecule has 2 aromatic rings. The minimum atomic E-state index is -0.177. The summed E-state index contributed by atoms with van der Waals surface area (Å²) in [6.07, 6.45) is 0. The second kappa shape index (κ2) is 5.83. The average Bonchev–Trinajstić information content (AvgIpc) is 2.72. The average molecular weight is 343 g/mol. The molecular weight excluding hydrogens is 328 g/mol. The van der Waals surface area contributed by atoms with Crippen LogP contribution in [0.1, 0.15) is 25.5 Å². The number of nitrogens with two attached hydrogens (primary N) is 1. The molecule has 0 aliphatic heterocycles. The van der Waals surface area contributed by atoms with Crippen LogP contribution in [0, 0.1) is 0 Å². The molecule has 1 aromatic heterocycles. The van der Waals surface area contributed by atoms with Crippen LogP contribution >= 0.6 is 27.7 Å². The first-order chi connectivity index (χ1) is 9.00. The predicted molar refractivity (Wildman–Crippen MR) is 81.3 cm³/mol. The molecule has 2 rings (SSSR count). The molecule has 102 valence electrons. The molecule has 0 atom stereocenters. The first kappa shape index (κ1) is 14.2. The van der Waals surface area contributed by atoms with Gasteiger partial charge in [0, 0.05) is 22.0 Å². The van der Waals surface area contributed by atoms with Crippen molar-refractivity contribution in [1.82, 2.24) is 14.8 Å². The normalized spacial score (nSPS) is 11.2. The molecule has 19 heavy (non-hydrogen) atoms. The smallest absolute Gasteiger partial charge is 0.344 e. The lowest BCUT2D eigenvalue weighted by atomic mass is 10.2. The molecule has 1 heterocycles. The number of hydrogen-bond acceptors (Lipinski definition) is 4. The zero-order chi connectivity index (χ0) is 14.0. The number of aromatic amines is 1. The standard InChI is InChI=1S/C12H15BrN4OS/c1-7(2)17-11(18)15-16-12(17)19-6-8-4-3-5-9(14)10(8)13/h3-5,7H,6,14H2,1-2H3,(H,15,18). The third-order valence-electron chi connectivity index (χ3n) is 2.65. The summed E-state index contributed by atoms with van der Waals surface area (Å²) in [7, 11) is 0. The lowest BCUT2D eigenvalue weighted by Gasteiger charge is -2.09. The largest absolute Gasteiger partial charge is 0.398 e. The fourth-order valence-corrected chi connectivity index (χ4v) is 3.36. The van der Waals surface area contributed by atoms with Gasteiger partial charge in [-0.2, -0.15) is 0 Å². The number of nitrogens with one attached hydrogen (secondary N) is 1. The van der Waals surface area contributed by atoms with E-state index in [1.54, 1.807) is 4.57 Å². The zero-order valence-electron chi connectivity index (χ0n) is 10.7. The Kier molecular flexibility index (Phi) is 4.36. The lowest BCUT2D eigenvalue weighted by Crippen LogP contribution is -2.19. The van der Waals surface area contributed by atoms with Gasteiger partial charge in [-0.05, 0) is 41.4 Å². The van der Waals surface area contributed by atoms with E-state index in [0.717, 1.165) is 10.0 Å². The van der Waals surface area contributed by atoms with Crippen LogP contribution in [0.2, 0.25) is 0 Å². The van der Waals surface area contributed by atoms with Crippen molar-refractivity contribution in [2.45, 2.75) is 30.8 Å². The van der Waals surface area contributed by atoms with Crippen LogP contribution in [0.3, 0.4) is 0 Å². The summed E-state index contributed by atoms with van der Waals surface area (Å²) in [5.41, 5.74) is 7.45. The van der Waals surface area contributed by atoms with Gasteiger partial charge in [-0.15, -0.1) is 5.10 Å².